The van der Waals surface area contributed by atoms with Gasteiger partial charge in [0.1, 0.15) is 30.7 Å². The van der Waals surface area contributed by atoms with E-state index in [0.29, 0.717) is 16.7 Å². The van der Waals surface area contributed by atoms with E-state index in [1.807, 2.05) is 13.8 Å². The Morgan fingerprint density at radius 2 is 1.50 bits per heavy atom. The lowest BCUT2D eigenvalue weighted by atomic mass is 9.90. The van der Waals surface area contributed by atoms with Crippen molar-refractivity contribution in [3.8, 4) is 0 Å². The van der Waals surface area contributed by atoms with Crippen LogP contribution in [-0.4, -0.2) is 72.3 Å². The lowest BCUT2D eigenvalue weighted by molar-refractivity contribution is -0.758. The van der Waals surface area contributed by atoms with Crippen LogP contribution in [0.3, 0.4) is 0 Å². The number of esters is 1. The number of imide groups is 1. The molecule has 2 fully saturated rings. The molecule has 42 heavy (non-hydrogen) atoms. The molecule has 3 amide bonds. The third-order valence-corrected chi connectivity index (χ3v) is 9.94. The Morgan fingerprint density at radius 1 is 0.952 bits per heavy atom. The topological polar surface area (TPSA) is 180 Å². The van der Waals surface area contributed by atoms with Crippen molar-refractivity contribution in [2.24, 2.45) is 0 Å². The quantitative estimate of drug-likeness (QED) is 0.143. The number of nitro groups is 1. The molecule has 0 aromatic heterocycles. The number of β-lactam (4-membered cyclic amide) rings is 1. The van der Waals surface area contributed by atoms with E-state index in [4.69, 9.17) is 4.74 Å². The molecule has 5 rings (SSSR count). The molecule has 0 N–H and O–H groups in total. The van der Waals surface area contributed by atoms with E-state index in [9.17, 15) is 39.4 Å². The van der Waals surface area contributed by atoms with Crippen LogP contribution in [0.2, 0.25) is 0 Å². The third-order valence-electron chi connectivity index (χ3n) is 8.34. The Bertz CT molecular complexity index is 1550. The summed E-state index contributed by atoms with van der Waals surface area (Å²) in [5.74, 6) is -2.77. The zero-order chi connectivity index (χ0) is 30.8. The average Bonchev–Trinajstić information content (AvgIpc) is 3.37. The van der Waals surface area contributed by atoms with Gasteiger partial charge in [0.2, 0.25) is 0 Å². The van der Waals surface area contributed by atoms with Gasteiger partial charge in [-0.25, -0.2) is 4.79 Å². The van der Waals surface area contributed by atoms with Gasteiger partial charge in [-0.15, -0.1) is 21.9 Å². The second-order valence-electron chi connectivity index (χ2n) is 10.7. The number of hydrogen-bond donors (Lipinski definition) is 0. The van der Waals surface area contributed by atoms with E-state index in [1.54, 1.807) is 13.8 Å². The first-order valence-electron chi connectivity index (χ1n) is 12.8. The number of carbonyl (C=O) groups excluding carboxylic acids is 4. The molecule has 3 heterocycles. The van der Waals surface area contributed by atoms with E-state index < -0.39 is 62.5 Å². The molecule has 0 saturated carbocycles. The van der Waals surface area contributed by atoms with E-state index in [2.05, 4.69) is 4.84 Å². The average molecular weight is 599 g/mol. The largest absolute Gasteiger partial charge is 0.459 e. The summed E-state index contributed by atoms with van der Waals surface area (Å²) in [4.78, 5) is 82.3. The SMILES string of the molecule is Cc1c(C)c(C)c2c(c1C)C(=O)N(C1C(=O)N3C(C(=O)OCc4ccc([N+](=O)[O-])cc4)[C@](C)(CO[N+](=O)[O-])S[C@H]13)C2=O. The highest BCUT2D eigenvalue weighted by molar-refractivity contribution is 8.01. The molecule has 2 unspecified atom stereocenters. The molecule has 3 aliphatic heterocycles. The predicted octanol–water partition coefficient (Wildman–Crippen LogP) is 2.79. The number of ether oxygens (including phenoxy) is 1. The van der Waals surface area contributed by atoms with Gasteiger partial charge in [-0.2, -0.15) is 0 Å². The lowest BCUT2D eigenvalue weighted by Crippen LogP contribution is -2.71. The van der Waals surface area contributed by atoms with Crippen LogP contribution in [-0.2, 0) is 25.8 Å². The smallest absolute Gasteiger partial charge is 0.330 e. The number of amides is 3. The van der Waals surface area contributed by atoms with Crippen molar-refractivity contribution in [3.63, 3.8) is 0 Å². The Kier molecular flexibility index (Phi) is 6.95. The van der Waals surface area contributed by atoms with Crippen molar-refractivity contribution < 1.29 is 38.8 Å². The van der Waals surface area contributed by atoms with Gasteiger partial charge in [0, 0.05) is 12.1 Å². The fourth-order valence-corrected chi connectivity index (χ4v) is 7.49. The summed E-state index contributed by atoms with van der Waals surface area (Å²) >= 11 is 1.02. The summed E-state index contributed by atoms with van der Waals surface area (Å²) in [6.45, 7) is 7.85. The van der Waals surface area contributed by atoms with Crippen LogP contribution in [0.5, 0.6) is 0 Å². The van der Waals surface area contributed by atoms with Gasteiger partial charge in [-0.1, -0.05) is 0 Å². The van der Waals surface area contributed by atoms with E-state index >= 15 is 0 Å². The van der Waals surface area contributed by atoms with Crippen molar-refractivity contribution in [2.45, 2.75) is 63.4 Å². The molecule has 0 aliphatic carbocycles. The molecule has 0 bridgehead atoms. The zero-order valence-corrected chi connectivity index (χ0v) is 24.1. The van der Waals surface area contributed by atoms with Gasteiger partial charge in [0.15, 0.2) is 0 Å². The molecular formula is C27H26N4O10S. The van der Waals surface area contributed by atoms with Crippen molar-refractivity contribution in [1.29, 1.82) is 0 Å². The number of hydrogen-bond acceptors (Lipinski definition) is 11. The van der Waals surface area contributed by atoms with Gasteiger partial charge < -0.3 is 14.5 Å². The molecule has 3 aliphatic rings. The number of thioether (sulfide) groups is 1. The molecule has 2 aromatic carbocycles. The standard InChI is InChI=1S/C27H26N4O10S/c1-12-13(2)15(4)19-18(14(12)3)22(32)28(23(19)33)20-24(34)29-21(27(5,42-25(20)29)11-41-31(38)39)26(35)40-10-16-6-8-17(9-7-16)30(36)37/h6-9,20-21,25H,10-11H2,1-5H3/t20?,21?,25-,27+/m1/s1. The minimum atomic E-state index is -1.37. The number of nitro benzene ring substituents is 1. The molecule has 4 atom stereocenters. The van der Waals surface area contributed by atoms with Crippen LogP contribution in [0.4, 0.5) is 5.69 Å². The van der Waals surface area contributed by atoms with E-state index in [0.717, 1.165) is 27.8 Å². The van der Waals surface area contributed by atoms with E-state index in [1.165, 1.54) is 36.1 Å². The minimum Gasteiger partial charge on any atom is -0.459 e. The molecule has 15 heteroatoms. The maximum atomic E-state index is 13.6. The number of benzene rings is 2. The maximum Gasteiger partial charge on any atom is 0.330 e. The number of rotatable bonds is 8. The van der Waals surface area contributed by atoms with Gasteiger partial charge in [0.25, 0.3) is 28.5 Å². The fraction of sp³-hybridized carbons (Fsp3) is 0.407. The fourth-order valence-electron chi connectivity index (χ4n) is 5.77. The summed E-state index contributed by atoms with van der Waals surface area (Å²) < 4.78 is 4.07. The second-order valence-corrected chi connectivity index (χ2v) is 12.3. The minimum absolute atomic E-state index is 0.148. The molecule has 0 spiro atoms. The highest BCUT2D eigenvalue weighted by Gasteiger charge is 2.69. The number of non-ortho nitro benzene ring substituents is 1. The lowest BCUT2D eigenvalue weighted by Gasteiger charge is -2.46. The predicted molar refractivity (Wildman–Crippen MR) is 146 cm³/mol. The molecule has 14 nitrogen and oxygen atoms in total. The first kappa shape index (κ1) is 29.0. The molecule has 0 radical (unpaired) electrons. The Hall–Kier alpha value is -4.53. The third kappa shape index (κ3) is 4.26. The van der Waals surface area contributed by atoms with Crippen LogP contribution in [0, 0.1) is 47.9 Å². The van der Waals surface area contributed by atoms with E-state index in [-0.39, 0.29) is 23.4 Å². The summed E-state index contributed by atoms with van der Waals surface area (Å²) in [5.41, 5.74) is 3.81. The summed E-state index contributed by atoms with van der Waals surface area (Å²) in [7, 11) is 0. The van der Waals surface area contributed by atoms with Crippen molar-refractivity contribution in [2.75, 3.05) is 6.61 Å². The monoisotopic (exact) mass is 598 g/mol. The first-order chi connectivity index (χ1) is 19.7. The number of carbonyl (C=O) groups is 4. The van der Waals surface area contributed by atoms with Gasteiger partial charge in [-0.05, 0) is 74.6 Å². The Labute approximate surface area is 243 Å². The molecule has 2 saturated heterocycles. The van der Waals surface area contributed by atoms with Crippen LogP contribution in [0.1, 0.15) is 55.5 Å². The normalized spacial score (nSPS) is 24.3. The van der Waals surface area contributed by atoms with Crippen LogP contribution in [0.15, 0.2) is 24.3 Å². The van der Waals surface area contributed by atoms with Crippen molar-refractivity contribution in [3.05, 3.63) is 83.4 Å². The molecule has 220 valence electrons. The second kappa shape index (κ2) is 10.1. The van der Waals surface area contributed by atoms with Gasteiger partial charge in [0.05, 0.1) is 20.8 Å². The van der Waals surface area contributed by atoms with Crippen molar-refractivity contribution in [1.82, 2.24) is 9.80 Å². The van der Waals surface area contributed by atoms with Gasteiger partial charge >= 0.3 is 5.97 Å². The molecular weight excluding hydrogens is 572 g/mol. The highest BCUT2D eigenvalue weighted by Crippen LogP contribution is 2.54. The van der Waals surface area contributed by atoms with Crippen LogP contribution in [0.25, 0.3) is 0 Å². The van der Waals surface area contributed by atoms with Crippen molar-refractivity contribution >= 4 is 41.1 Å². The number of fused-ring (bicyclic) bond motifs is 2. The highest BCUT2D eigenvalue weighted by atomic mass is 32.2. The zero-order valence-electron chi connectivity index (χ0n) is 23.2. The number of nitrogens with zero attached hydrogens (tertiary/aromatic N) is 4. The maximum absolute atomic E-state index is 13.6. The Balaban J connectivity index is 1.42. The van der Waals surface area contributed by atoms with Gasteiger partial charge in [-0.3, -0.25) is 29.4 Å². The summed E-state index contributed by atoms with van der Waals surface area (Å²) in [5, 5.41) is 20.1. The summed E-state index contributed by atoms with van der Waals surface area (Å²) in [6, 6.07) is 2.75. The first-order valence-corrected chi connectivity index (χ1v) is 13.7. The molecule has 2 aromatic rings. The van der Waals surface area contributed by atoms with Crippen LogP contribution >= 0.6 is 11.8 Å². The summed E-state index contributed by atoms with van der Waals surface area (Å²) in [6.07, 6.45) is 0. The van der Waals surface area contributed by atoms with Crippen LogP contribution < -0.4 is 0 Å². The Morgan fingerprint density at radius 3 is 2.00 bits per heavy atom.